The van der Waals surface area contributed by atoms with Crippen molar-refractivity contribution in [3.05, 3.63) is 24.5 Å². The van der Waals surface area contributed by atoms with Gasteiger partial charge in [-0.05, 0) is 26.0 Å². The van der Waals surface area contributed by atoms with Crippen LogP contribution >= 0.6 is 0 Å². The first-order valence-electron chi connectivity index (χ1n) is 5.63. The molecule has 1 aliphatic rings. The lowest BCUT2D eigenvalue weighted by Crippen LogP contribution is -2.51. The molecule has 1 aromatic rings. The number of pyridine rings is 1. The van der Waals surface area contributed by atoms with Crippen LogP contribution in [0, 0.1) is 0 Å². The number of nitrogens with zero attached hydrogens (tertiary/aromatic N) is 2. The number of sulfonamides is 1. The summed E-state index contributed by atoms with van der Waals surface area (Å²) < 4.78 is 37.4. The molecular formula is C11H16N2O3S2. The molecule has 7 heteroatoms. The molecule has 100 valence electrons. The van der Waals surface area contributed by atoms with Gasteiger partial charge in [-0.25, -0.2) is 8.42 Å². The summed E-state index contributed by atoms with van der Waals surface area (Å²) in [6, 6.07) is 3.13. The fourth-order valence-corrected chi connectivity index (χ4v) is 4.89. The minimum absolute atomic E-state index is 0.188. The Labute approximate surface area is 110 Å². The summed E-state index contributed by atoms with van der Waals surface area (Å²) in [5.74, 6) is 0.381. The van der Waals surface area contributed by atoms with Crippen molar-refractivity contribution in [3.8, 4) is 0 Å². The van der Waals surface area contributed by atoms with Gasteiger partial charge in [0.25, 0.3) is 0 Å². The summed E-state index contributed by atoms with van der Waals surface area (Å²) in [6.07, 6.45) is 2.88. The summed E-state index contributed by atoms with van der Waals surface area (Å²) in [6.45, 7) is 4.23. The van der Waals surface area contributed by atoms with E-state index < -0.39 is 25.6 Å². The van der Waals surface area contributed by atoms with Gasteiger partial charge < -0.3 is 0 Å². The number of aromatic nitrogens is 1. The number of hydrogen-bond donors (Lipinski definition) is 0. The standard InChI is InChI=1S/C11H16N2O3S2/c1-11(2)9-13(6-7-17(11)14)18(15,16)10-4-3-5-12-8-10/h3-5,8H,6-7,9H2,1-2H3/t17-/m1/s1. The number of rotatable bonds is 2. The van der Waals surface area contributed by atoms with Crippen LogP contribution < -0.4 is 0 Å². The Morgan fingerprint density at radius 1 is 1.44 bits per heavy atom. The van der Waals surface area contributed by atoms with Gasteiger partial charge >= 0.3 is 0 Å². The van der Waals surface area contributed by atoms with Crippen LogP contribution in [-0.2, 0) is 20.8 Å². The Morgan fingerprint density at radius 3 is 2.72 bits per heavy atom. The van der Waals surface area contributed by atoms with E-state index in [1.807, 2.05) is 13.8 Å². The third kappa shape index (κ3) is 2.48. The van der Waals surface area contributed by atoms with Crippen LogP contribution in [0.1, 0.15) is 13.8 Å². The smallest absolute Gasteiger partial charge is 0.244 e. The van der Waals surface area contributed by atoms with Crippen LogP contribution in [0.25, 0.3) is 0 Å². The molecule has 0 aromatic carbocycles. The molecule has 1 fully saturated rings. The molecule has 0 unspecified atom stereocenters. The van der Waals surface area contributed by atoms with Gasteiger partial charge in [-0.2, -0.15) is 4.31 Å². The summed E-state index contributed by atoms with van der Waals surface area (Å²) in [5, 5.41) is 0. The van der Waals surface area contributed by atoms with Crippen molar-refractivity contribution in [1.82, 2.24) is 9.29 Å². The maximum Gasteiger partial charge on any atom is 0.244 e. The first kappa shape index (κ1) is 13.6. The molecule has 18 heavy (non-hydrogen) atoms. The van der Waals surface area contributed by atoms with Gasteiger partial charge in [-0.1, -0.05) is 0 Å². The predicted molar refractivity (Wildman–Crippen MR) is 70.1 cm³/mol. The van der Waals surface area contributed by atoms with Crippen LogP contribution in [0.5, 0.6) is 0 Å². The zero-order valence-corrected chi connectivity index (χ0v) is 12.0. The van der Waals surface area contributed by atoms with Crippen molar-refractivity contribution in [2.24, 2.45) is 0 Å². The highest BCUT2D eigenvalue weighted by atomic mass is 32.2. The minimum atomic E-state index is -3.52. The van der Waals surface area contributed by atoms with Gasteiger partial charge in [0.05, 0.1) is 4.75 Å². The lowest BCUT2D eigenvalue weighted by Gasteiger charge is -2.36. The van der Waals surface area contributed by atoms with Crippen molar-refractivity contribution in [3.63, 3.8) is 0 Å². The molecule has 0 spiro atoms. The molecule has 2 rings (SSSR count). The molecule has 1 aromatic heterocycles. The zero-order valence-electron chi connectivity index (χ0n) is 10.4. The van der Waals surface area contributed by atoms with Gasteiger partial charge in [0.2, 0.25) is 10.0 Å². The molecule has 5 nitrogen and oxygen atoms in total. The van der Waals surface area contributed by atoms with Crippen LogP contribution in [0.4, 0.5) is 0 Å². The second-order valence-corrected chi connectivity index (χ2v) is 8.98. The molecular weight excluding hydrogens is 272 g/mol. The normalized spacial score (nSPS) is 24.9. The lowest BCUT2D eigenvalue weighted by molar-refractivity contribution is 0.378. The maximum absolute atomic E-state index is 12.4. The Kier molecular flexibility index (Phi) is 3.57. The Morgan fingerprint density at radius 2 is 2.17 bits per heavy atom. The molecule has 0 amide bonds. The molecule has 1 saturated heterocycles. The van der Waals surface area contributed by atoms with E-state index in [-0.39, 0.29) is 11.4 Å². The van der Waals surface area contributed by atoms with E-state index in [0.717, 1.165) is 0 Å². The van der Waals surface area contributed by atoms with Crippen molar-refractivity contribution in [2.75, 3.05) is 18.8 Å². The summed E-state index contributed by atoms with van der Waals surface area (Å²) in [5.41, 5.74) is 0. The third-order valence-corrected chi connectivity index (χ3v) is 6.72. The predicted octanol–water partition coefficient (Wildman–Crippen LogP) is 0.613. The van der Waals surface area contributed by atoms with Crippen molar-refractivity contribution < 1.29 is 12.6 Å². The Bertz CT molecular complexity index is 555. The largest absolute Gasteiger partial charge is 0.263 e. The third-order valence-electron chi connectivity index (χ3n) is 2.97. The van der Waals surface area contributed by atoms with Crippen molar-refractivity contribution >= 4 is 20.8 Å². The van der Waals surface area contributed by atoms with Crippen LogP contribution in [-0.4, -0.2) is 45.5 Å². The molecule has 0 bridgehead atoms. The molecule has 0 aliphatic carbocycles. The average Bonchev–Trinajstić information content (AvgIpc) is 2.33. The topological polar surface area (TPSA) is 67.3 Å². The van der Waals surface area contributed by atoms with Gasteiger partial charge in [-0.3, -0.25) is 9.19 Å². The van der Waals surface area contributed by atoms with E-state index >= 15 is 0 Å². The zero-order chi connectivity index (χ0) is 13.4. The van der Waals surface area contributed by atoms with E-state index in [4.69, 9.17) is 0 Å². The lowest BCUT2D eigenvalue weighted by atomic mass is 10.2. The first-order chi connectivity index (χ1) is 8.34. The average molecular weight is 288 g/mol. The van der Waals surface area contributed by atoms with Gasteiger partial charge in [-0.15, -0.1) is 0 Å². The number of hydrogen-bond acceptors (Lipinski definition) is 4. The molecule has 1 aliphatic heterocycles. The fraction of sp³-hybridized carbons (Fsp3) is 0.545. The first-order valence-corrected chi connectivity index (χ1v) is 8.38. The van der Waals surface area contributed by atoms with Crippen LogP contribution in [0.3, 0.4) is 0 Å². The summed E-state index contributed by atoms with van der Waals surface area (Å²) in [7, 11) is -4.50. The maximum atomic E-state index is 12.4. The molecule has 2 heterocycles. The van der Waals surface area contributed by atoms with Crippen molar-refractivity contribution in [2.45, 2.75) is 23.5 Å². The molecule has 0 saturated carbocycles. The summed E-state index contributed by atoms with van der Waals surface area (Å²) in [4.78, 5) is 4.02. The highest BCUT2D eigenvalue weighted by Gasteiger charge is 2.38. The van der Waals surface area contributed by atoms with E-state index in [1.165, 1.54) is 22.8 Å². The van der Waals surface area contributed by atoms with E-state index in [9.17, 15) is 12.6 Å². The Balaban J connectivity index is 2.30. The van der Waals surface area contributed by atoms with E-state index in [1.54, 1.807) is 6.07 Å². The SMILES string of the molecule is CC1(C)CN(S(=O)(=O)c2cccnc2)CC[S@]1=O. The minimum Gasteiger partial charge on any atom is -0.263 e. The Hall–Kier alpha value is -0.790. The quantitative estimate of drug-likeness (QED) is 0.800. The monoisotopic (exact) mass is 288 g/mol. The van der Waals surface area contributed by atoms with E-state index in [0.29, 0.717) is 12.3 Å². The van der Waals surface area contributed by atoms with Crippen molar-refractivity contribution in [1.29, 1.82) is 0 Å². The second-order valence-electron chi connectivity index (χ2n) is 4.84. The van der Waals surface area contributed by atoms with E-state index in [2.05, 4.69) is 4.98 Å². The van der Waals surface area contributed by atoms with Gasteiger partial charge in [0.15, 0.2) is 0 Å². The van der Waals surface area contributed by atoms with Crippen LogP contribution in [0.15, 0.2) is 29.4 Å². The highest BCUT2D eigenvalue weighted by Crippen LogP contribution is 2.25. The molecule has 0 N–H and O–H groups in total. The van der Waals surface area contributed by atoms with Gasteiger partial charge in [0, 0.05) is 42.0 Å². The highest BCUT2D eigenvalue weighted by molar-refractivity contribution is 7.89. The molecule has 0 radical (unpaired) electrons. The van der Waals surface area contributed by atoms with Crippen LogP contribution in [0.2, 0.25) is 0 Å². The fourth-order valence-electron chi connectivity index (χ4n) is 1.89. The summed E-state index contributed by atoms with van der Waals surface area (Å²) >= 11 is 0. The molecule has 1 atom stereocenters. The second kappa shape index (κ2) is 4.71. The van der Waals surface area contributed by atoms with Gasteiger partial charge in [0.1, 0.15) is 4.90 Å².